The van der Waals surface area contributed by atoms with E-state index in [1.807, 2.05) is 0 Å². The topological polar surface area (TPSA) is 62.7 Å². The van der Waals surface area contributed by atoms with Crippen LogP contribution in [0.2, 0.25) is 0 Å². The van der Waals surface area contributed by atoms with E-state index >= 15 is 0 Å². The average molecular weight is 313 g/mol. The van der Waals surface area contributed by atoms with Crippen LogP contribution < -0.4 is 10.6 Å². The van der Waals surface area contributed by atoms with Crippen LogP contribution in [0.25, 0.3) is 0 Å². The van der Waals surface area contributed by atoms with Crippen molar-refractivity contribution in [1.29, 1.82) is 0 Å². The normalized spacial score (nSPS) is 14.2. The number of rotatable bonds is 6. The molecule has 3 rings (SSSR count). The molecule has 0 fully saturated rings. The highest BCUT2D eigenvalue weighted by molar-refractivity contribution is 5.55. The van der Waals surface area contributed by atoms with Gasteiger partial charge in [0.05, 0.1) is 6.20 Å². The minimum absolute atomic E-state index is 0.295. The van der Waals surface area contributed by atoms with Crippen molar-refractivity contribution in [3.63, 3.8) is 0 Å². The summed E-state index contributed by atoms with van der Waals surface area (Å²) in [6.45, 7) is 0.789. The number of anilines is 3. The lowest BCUT2D eigenvalue weighted by atomic mass is 9.97. The second-order valence-corrected chi connectivity index (χ2v) is 5.59. The molecule has 0 saturated carbocycles. The molecule has 0 aliphatic heterocycles. The first-order chi connectivity index (χ1) is 11.3. The van der Waals surface area contributed by atoms with E-state index in [4.69, 9.17) is 0 Å². The summed E-state index contributed by atoms with van der Waals surface area (Å²) in [5.41, 5.74) is 2.13. The van der Waals surface area contributed by atoms with Crippen LogP contribution in [0.1, 0.15) is 32.1 Å². The van der Waals surface area contributed by atoms with Gasteiger partial charge in [0.2, 0.25) is 5.95 Å². The van der Waals surface area contributed by atoms with Crippen LogP contribution in [0.15, 0.2) is 42.1 Å². The number of benzene rings is 1. The Morgan fingerprint density at radius 3 is 3.00 bits per heavy atom. The van der Waals surface area contributed by atoms with Crippen molar-refractivity contribution in [2.75, 3.05) is 17.2 Å². The Kier molecular flexibility index (Phi) is 5.13. The maximum Gasteiger partial charge on any atom is 0.244 e. The SMILES string of the molecule is Fc1cccc(Nc2cnnc(NCCC3=CCCCC3)n2)c1. The van der Waals surface area contributed by atoms with Crippen LogP contribution in [-0.2, 0) is 0 Å². The van der Waals surface area contributed by atoms with Crippen LogP contribution in [0.5, 0.6) is 0 Å². The van der Waals surface area contributed by atoms with Gasteiger partial charge in [0, 0.05) is 12.2 Å². The number of nitrogens with zero attached hydrogens (tertiary/aromatic N) is 3. The molecule has 0 spiro atoms. The lowest BCUT2D eigenvalue weighted by molar-refractivity contribution is 0.628. The van der Waals surface area contributed by atoms with Gasteiger partial charge in [0.15, 0.2) is 5.82 Å². The molecule has 0 amide bonds. The van der Waals surface area contributed by atoms with Gasteiger partial charge in [-0.3, -0.25) is 0 Å². The molecule has 1 aromatic heterocycles. The number of nitrogens with one attached hydrogen (secondary N) is 2. The largest absolute Gasteiger partial charge is 0.353 e. The van der Waals surface area contributed by atoms with Gasteiger partial charge >= 0.3 is 0 Å². The molecule has 1 heterocycles. The van der Waals surface area contributed by atoms with Gasteiger partial charge in [-0.25, -0.2) is 4.39 Å². The molecule has 1 aromatic carbocycles. The Hall–Kier alpha value is -2.50. The number of hydrogen-bond donors (Lipinski definition) is 2. The third-order valence-corrected chi connectivity index (χ3v) is 3.77. The third-order valence-electron chi connectivity index (χ3n) is 3.77. The zero-order chi connectivity index (χ0) is 15.9. The third kappa shape index (κ3) is 4.74. The highest BCUT2D eigenvalue weighted by Gasteiger charge is 2.05. The molecule has 2 aromatic rings. The van der Waals surface area contributed by atoms with Crippen LogP contribution in [0, 0.1) is 5.82 Å². The zero-order valence-corrected chi connectivity index (χ0v) is 12.9. The van der Waals surface area contributed by atoms with E-state index in [-0.39, 0.29) is 5.82 Å². The first-order valence-electron chi connectivity index (χ1n) is 7.94. The van der Waals surface area contributed by atoms with Crippen molar-refractivity contribution in [2.45, 2.75) is 32.1 Å². The molecule has 5 nitrogen and oxygen atoms in total. The summed E-state index contributed by atoms with van der Waals surface area (Å²) in [4.78, 5) is 4.34. The summed E-state index contributed by atoms with van der Waals surface area (Å²) in [5.74, 6) is 0.712. The fourth-order valence-electron chi connectivity index (χ4n) is 2.62. The lowest BCUT2D eigenvalue weighted by Crippen LogP contribution is -2.09. The van der Waals surface area contributed by atoms with E-state index in [0.717, 1.165) is 13.0 Å². The maximum absolute atomic E-state index is 13.2. The van der Waals surface area contributed by atoms with Crippen LogP contribution >= 0.6 is 0 Å². The predicted octanol–water partition coefficient (Wildman–Crippen LogP) is 4.06. The zero-order valence-electron chi connectivity index (χ0n) is 12.9. The molecule has 0 atom stereocenters. The van der Waals surface area contributed by atoms with E-state index in [1.165, 1.54) is 49.6 Å². The number of hydrogen-bond acceptors (Lipinski definition) is 5. The van der Waals surface area contributed by atoms with Gasteiger partial charge in [0.25, 0.3) is 0 Å². The van der Waals surface area contributed by atoms with Crippen molar-refractivity contribution in [3.05, 3.63) is 47.9 Å². The Morgan fingerprint density at radius 2 is 2.17 bits per heavy atom. The van der Waals surface area contributed by atoms with Crippen molar-refractivity contribution >= 4 is 17.5 Å². The number of aromatic nitrogens is 3. The Morgan fingerprint density at radius 1 is 1.22 bits per heavy atom. The highest BCUT2D eigenvalue weighted by Crippen LogP contribution is 2.20. The van der Waals surface area contributed by atoms with Gasteiger partial charge < -0.3 is 10.6 Å². The Bertz CT molecular complexity index is 686. The molecular weight excluding hydrogens is 293 g/mol. The summed E-state index contributed by atoms with van der Waals surface area (Å²) in [5, 5.41) is 14.1. The molecule has 1 aliphatic rings. The minimum Gasteiger partial charge on any atom is -0.353 e. The fraction of sp³-hybridized carbons (Fsp3) is 0.353. The maximum atomic E-state index is 13.2. The summed E-state index contributed by atoms with van der Waals surface area (Å²) in [6.07, 6.45) is 9.84. The molecule has 1 aliphatic carbocycles. The monoisotopic (exact) mass is 313 g/mol. The summed E-state index contributed by atoms with van der Waals surface area (Å²) < 4.78 is 13.2. The molecule has 23 heavy (non-hydrogen) atoms. The van der Waals surface area contributed by atoms with Gasteiger partial charge in [-0.05, 0) is 50.3 Å². The summed E-state index contributed by atoms with van der Waals surface area (Å²) >= 11 is 0. The number of halogens is 1. The molecule has 6 heteroatoms. The second-order valence-electron chi connectivity index (χ2n) is 5.59. The molecule has 0 radical (unpaired) electrons. The quantitative estimate of drug-likeness (QED) is 0.788. The van der Waals surface area contributed by atoms with Crippen LogP contribution in [0.3, 0.4) is 0 Å². The molecule has 120 valence electrons. The van der Waals surface area contributed by atoms with Crippen molar-refractivity contribution in [3.8, 4) is 0 Å². The summed E-state index contributed by atoms with van der Waals surface area (Å²) in [6, 6.07) is 6.22. The number of allylic oxidation sites excluding steroid dienone is 1. The van der Waals surface area contributed by atoms with Crippen molar-refractivity contribution in [1.82, 2.24) is 15.2 Å². The minimum atomic E-state index is -0.295. The van der Waals surface area contributed by atoms with Crippen molar-refractivity contribution in [2.24, 2.45) is 0 Å². The average Bonchev–Trinajstić information content (AvgIpc) is 2.56. The van der Waals surface area contributed by atoms with Crippen molar-refractivity contribution < 1.29 is 4.39 Å². The van der Waals surface area contributed by atoms with Gasteiger partial charge in [-0.2, -0.15) is 10.1 Å². The van der Waals surface area contributed by atoms with Gasteiger partial charge in [-0.15, -0.1) is 5.10 Å². The standard InChI is InChI=1S/C17H20FN5/c18-14-7-4-8-15(11-14)21-16-12-20-23-17(22-16)19-10-9-13-5-2-1-3-6-13/h4-5,7-8,11-12H,1-3,6,9-10H2,(H2,19,21,22,23). The van der Waals surface area contributed by atoms with E-state index in [2.05, 4.69) is 31.9 Å². The molecule has 2 N–H and O–H groups in total. The van der Waals surface area contributed by atoms with E-state index in [9.17, 15) is 4.39 Å². The first kappa shape index (κ1) is 15.4. The highest BCUT2D eigenvalue weighted by atomic mass is 19.1. The first-order valence-corrected chi connectivity index (χ1v) is 7.94. The van der Waals surface area contributed by atoms with Gasteiger partial charge in [-0.1, -0.05) is 17.7 Å². The molecule has 0 bridgehead atoms. The predicted molar refractivity (Wildman–Crippen MR) is 89.2 cm³/mol. The Labute approximate surface area is 135 Å². The smallest absolute Gasteiger partial charge is 0.244 e. The van der Waals surface area contributed by atoms with Crippen LogP contribution in [-0.4, -0.2) is 21.7 Å². The van der Waals surface area contributed by atoms with E-state index in [0.29, 0.717) is 17.5 Å². The lowest BCUT2D eigenvalue weighted by Gasteiger charge is -2.13. The van der Waals surface area contributed by atoms with Crippen LogP contribution in [0.4, 0.5) is 21.8 Å². The van der Waals surface area contributed by atoms with E-state index < -0.39 is 0 Å². The summed E-state index contributed by atoms with van der Waals surface area (Å²) in [7, 11) is 0. The van der Waals surface area contributed by atoms with Gasteiger partial charge in [0.1, 0.15) is 5.82 Å². The Balaban J connectivity index is 1.55. The molecular formula is C17H20FN5. The second kappa shape index (κ2) is 7.67. The van der Waals surface area contributed by atoms with E-state index in [1.54, 1.807) is 12.1 Å². The molecule has 0 saturated heterocycles. The molecule has 0 unspecified atom stereocenters. The fourth-order valence-corrected chi connectivity index (χ4v) is 2.62.